The molecule has 0 spiro atoms. The first-order valence-corrected chi connectivity index (χ1v) is 15.6. The zero-order valence-electron chi connectivity index (χ0n) is 25.6. The largest absolute Gasteiger partial charge is 0.481 e. The number of nitrogens with zero attached hydrogens (tertiary/aromatic N) is 1. The van der Waals surface area contributed by atoms with Gasteiger partial charge in [-0.05, 0) is 122 Å². The normalized spacial score (nSPS) is 12.1. The molecule has 44 heavy (non-hydrogen) atoms. The molecule has 230 valence electrons. The number of fused-ring (bicyclic) bond motifs is 3. The first-order chi connectivity index (χ1) is 20.7. The van der Waals surface area contributed by atoms with Crippen molar-refractivity contribution >= 4 is 46.8 Å². The molecule has 0 radical (unpaired) electrons. The molecule has 1 aliphatic heterocycles. The molecular formula is C35H36ClFN2O4S. The van der Waals surface area contributed by atoms with Gasteiger partial charge in [-0.25, -0.2) is 4.39 Å². The molecule has 9 heteroatoms. The summed E-state index contributed by atoms with van der Waals surface area (Å²) in [5, 5.41) is 21.8. The van der Waals surface area contributed by atoms with E-state index in [1.807, 2.05) is 62.6 Å². The van der Waals surface area contributed by atoms with Crippen molar-refractivity contribution in [1.29, 1.82) is 0 Å². The number of carbonyl (C=O) groups excluding carboxylic acids is 1. The molecule has 1 aliphatic rings. The smallest absolute Gasteiger partial charge is 0.307 e. The van der Waals surface area contributed by atoms with Crippen molar-refractivity contribution in [2.75, 3.05) is 15.9 Å². The average molecular weight is 635 g/mol. The van der Waals surface area contributed by atoms with Crippen LogP contribution in [0.3, 0.4) is 0 Å². The Balaban J connectivity index is 0.000000818. The highest BCUT2D eigenvalue weighted by atomic mass is 35.5. The molecule has 6 nitrogen and oxygen atoms in total. The summed E-state index contributed by atoms with van der Waals surface area (Å²) >= 11 is 7.73. The lowest BCUT2D eigenvalue weighted by Gasteiger charge is -2.36. The minimum Gasteiger partial charge on any atom is -0.481 e. The molecule has 0 fully saturated rings. The molecule has 0 unspecified atom stereocenters. The Hall–Kier alpha value is -3.85. The highest BCUT2D eigenvalue weighted by Gasteiger charge is 2.30. The van der Waals surface area contributed by atoms with Crippen LogP contribution in [0.5, 0.6) is 0 Å². The number of benzene rings is 4. The minimum absolute atomic E-state index is 0.0959. The van der Waals surface area contributed by atoms with Gasteiger partial charge in [0.15, 0.2) is 0 Å². The van der Waals surface area contributed by atoms with E-state index in [9.17, 15) is 19.1 Å². The Bertz CT molecular complexity index is 1690. The Labute approximate surface area is 267 Å². The van der Waals surface area contributed by atoms with Gasteiger partial charge >= 0.3 is 5.97 Å². The second-order valence-electron chi connectivity index (χ2n) is 11.6. The van der Waals surface area contributed by atoms with Crippen LogP contribution in [-0.2, 0) is 17.8 Å². The van der Waals surface area contributed by atoms with Gasteiger partial charge in [-0.2, -0.15) is 0 Å². The van der Waals surface area contributed by atoms with Gasteiger partial charge in [0.1, 0.15) is 5.82 Å². The highest BCUT2D eigenvalue weighted by molar-refractivity contribution is 7.99. The monoisotopic (exact) mass is 634 g/mol. The fourth-order valence-electron chi connectivity index (χ4n) is 5.31. The summed E-state index contributed by atoms with van der Waals surface area (Å²) in [6, 6.07) is 18.7. The van der Waals surface area contributed by atoms with E-state index < -0.39 is 17.4 Å². The van der Waals surface area contributed by atoms with E-state index >= 15 is 0 Å². The number of carboxylic acid groups (broad SMARTS) is 1. The number of aliphatic carboxylic acids is 1. The molecule has 4 aromatic rings. The van der Waals surface area contributed by atoms with Crippen LogP contribution in [0.25, 0.3) is 22.3 Å². The third-order valence-electron chi connectivity index (χ3n) is 7.08. The molecule has 0 aliphatic carbocycles. The zero-order chi connectivity index (χ0) is 32.3. The molecule has 0 aromatic heterocycles. The second kappa shape index (κ2) is 13.4. The number of carbonyl (C=O) groups is 2. The number of hydrogen-bond donors (Lipinski definition) is 3. The molecule has 5 rings (SSSR count). The number of hydrogen-bond acceptors (Lipinski definition) is 5. The van der Waals surface area contributed by atoms with E-state index in [-0.39, 0.29) is 12.3 Å². The van der Waals surface area contributed by atoms with E-state index in [4.69, 9.17) is 16.7 Å². The van der Waals surface area contributed by atoms with E-state index in [2.05, 4.69) is 9.62 Å². The maximum absolute atomic E-state index is 13.3. The van der Waals surface area contributed by atoms with Crippen LogP contribution in [0.15, 0.2) is 66.7 Å². The second-order valence-corrected chi connectivity index (χ2v) is 12.9. The summed E-state index contributed by atoms with van der Waals surface area (Å²) in [4.78, 5) is 24.7. The molecule has 0 saturated carbocycles. The fraction of sp³-hybridized carbons (Fsp3) is 0.257. The van der Waals surface area contributed by atoms with Crippen LogP contribution in [0, 0.1) is 19.7 Å². The lowest BCUT2D eigenvalue weighted by atomic mass is 9.81. The molecule has 0 saturated heterocycles. The van der Waals surface area contributed by atoms with Crippen LogP contribution in [0.1, 0.15) is 53.4 Å². The molecule has 4 aromatic carbocycles. The van der Waals surface area contributed by atoms with Crippen molar-refractivity contribution in [3.63, 3.8) is 0 Å². The van der Waals surface area contributed by atoms with Crippen molar-refractivity contribution in [3.8, 4) is 22.3 Å². The lowest BCUT2D eigenvalue weighted by Crippen LogP contribution is -2.23. The first-order valence-electron chi connectivity index (χ1n) is 14.1. The molecule has 0 bridgehead atoms. The summed E-state index contributed by atoms with van der Waals surface area (Å²) in [7, 11) is 0. The molecule has 1 heterocycles. The summed E-state index contributed by atoms with van der Waals surface area (Å²) in [5.41, 5.74) is 9.12. The van der Waals surface area contributed by atoms with Crippen molar-refractivity contribution < 1.29 is 24.2 Å². The number of rotatable bonds is 6. The number of amides is 1. The number of aliphatic hydroxyl groups is 1. The molecule has 3 N–H and O–H groups in total. The predicted molar refractivity (Wildman–Crippen MR) is 179 cm³/mol. The van der Waals surface area contributed by atoms with Gasteiger partial charge in [0.05, 0.1) is 24.3 Å². The Morgan fingerprint density at radius 1 is 0.977 bits per heavy atom. The Kier molecular flexibility index (Phi) is 10.1. The van der Waals surface area contributed by atoms with Crippen molar-refractivity contribution in [3.05, 3.63) is 105 Å². The third kappa shape index (κ3) is 7.62. The van der Waals surface area contributed by atoms with Crippen LogP contribution < -0.4 is 9.62 Å². The number of carboxylic acids is 1. The summed E-state index contributed by atoms with van der Waals surface area (Å²) in [6.07, 6.45) is 1.90. The average Bonchev–Trinajstić information content (AvgIpc) is 2.94. The fourth-order valence-corrected chi connectivity index (χ4v) is 6.11. The lowest BCUT2D eigenvalue weighted by molar-refractivity contribution is -0.136. The van der Waals surface area contributed by atoms with E-state index in [0.29, 0.717) is 22.8 Å². The van der Waals surface area contributed by atoms with Gasteiger partial charge in [0, 0.05) is 28.1 Å². The summed E-state index contributed by atoms with van der Waals surface area (Å²) < 4.78 is 15.5. The van der Waals surface area contributed by atoms with Gasteiger partial charge in [-0.15, -0.1) is 0 Å². The zero-order valence-corrected chi connectivity index (χ0v) is 27.2. The molecule has 0 atom stereocenters. The SMILES string of the molecule is CC(C)(C)O.CSN1Cc2cc(NC(=O)c3ccc(F)cc3)ccc2-c2c(C)c(-c3ccc(Cl)cc3)c(CC(=O)O)c(C)c21. The molecular weight excluding hydrogens is 599 g/mol. The van der Waals surface area contributed by atoms with Crippen LogP contribution in [-0.4, -0.2) is 33.9 Å². The Morgan fingerprint density at radius 2 is 1.59 bits per heavy atom. The number of anilines is 2. The summed E-state index contributed by atoms with van der Waals surface area (Å²) in [6.45, 7) is 9.83. The third-order valence-corrected chi connectivity index (χ3v) is 8.08. The first kappa shape index (κ1) is 33.1. The molecule has 1 amide bonds. The quantitative estimate of drug-likeness (QED) is 0.184. The van der Waals surface area contributed by atoms with Gasteiger partial charge in [0.25, 0.3) is 5.91 Å². The van der Waals surface area contributed by atoms with Gasteiger partial charge in [-0.1, -0.05) is 41.7 Å². The van der Waals surface area contributed by atoms with Gasteiger partial charge in [0.2, 0.25) is 0 Å². The maximum atomic E-state index is 13.3. The van der Waals surface area contributed by atoms with Crippen LogP contribution in [0.2, 0.25) is 5.02 Å². The van der Waals surface area contributed by atoms with Crippen molar-refractivity contribution in [1.82, 2.24) is 0 Å². The highest BCUT2D eigenvalue weighted by Crippen LogP contribution is 2.50. The Morgan fingerprint density at radius 3 is 2.16 bits per heavy atom. The van der Waals surface area contributed by atoms with Gasteiger partial charge in [-0.3, -0.25) is 9.59 Å². The van der Waals surface area contributed by atoms with Crippen molar-refractivity contribution in [2.24, 2.45) is 0 Å². The van der Waals surface area contributed by atoms with Gasteiger partial charge < -0.3 is 19.8 Å². The standard InChI is InChI=1S/C31H26ClFN2O3S.C4H10O/c1-17-26(15-27(36)37)28(19-4-8-22(32)9-5-19)18(2)29-25-13-12-24(14-21(25)16-35(39-3)30(17)29)34-31(38)20-6-10-23(33)11-7-20;1-4(2,3)5/h4-14H,15-16H2,1-3H3,(H,34,38)(H,36,37);5H,1-3H3. The predicted octanol–water partition coefficient (Wildman–Crippen LogP) is 8.68. The van der Waals surface area contributed by atoms with E-state index in [0.717, 1.165) is 50.2 Å². The van der Waals surface area contributed by atoms with Crippen LogP contribution in [0.4, 0.5) is 15.8 Å². The number of nitrogens with one attached hydrogen (secondary N) is 1. The minimum atomic E-state index is -0.888. The maximum Gasteiger partial charge on any atom is 0.307 e. The van der Waals surface area contributed by atoms with Crippen LogP contribution >= 0.6 is 23.5 Å². The van der Waals surface area contributed by atoms with E-state index in [1.54, 1.807) is 32.7 Å². The number of halogens is 2. The topological polar surface area (TPSA) is 89.9 Å². The van der Waals surface area contributed by atoms with E-state index in [1.165, 1.54) is 24.3 Å². The summed E-state index contributed by atoms with van der Waals surface area (Å²) in [5.74, 6) is -1.60. The van der Waals surface area contributed by atoms with Crippen molar-refractivity contribution in [2.45, 2.75) is 53.2 Å².